The molecular weight excluding hydrogens is 148 g/mol. The summed E-state index contributed by atoms with van der Waals surface area (Å²) in [6.07, 6.45) is 3.93. The van der Waals surface area contributed by atoms with Crippen LogP contribution in [0.15, 0.2) is 0 Å². The summed E-state index contributed by atoms with van der Waals surface area (Å²) in [5, 5.41) is 0. The fraction of sp³-hybridized carbons (Fsp3) is 1.00. The number of nitrogens with zero attached hydrogens (tertiary/aromatic N) is 1. The topological polar surface area (TPSA) is 48.3 Å². The van der Waals surface area contributed by atoms with Gasteiger partial charge in [-0.15, -0.1) is 5.73 Å². The Morgan fingerprint density at radius 2 is 1.75 bits per heavy atom. The average Bonchev–Trinajstić information content (AvgIpc) is 1.83. The van der Waals surface area contributed by atoms with Gasteiger partial charge in [0.25, 0.3) is 0 Å². The second-order valence-electron chi connectivity index (χ2n) is 5.09. The van der Waals surface area contributed by atoms with Gasteiger partial charge in [0.1, 0.15) is 0 Å². The summed E-state index contributed by atoms with van der Waals surface area (Å²) >= 11 is 0. The van der Waals surface area contributed by atoms with Crippen molar-refractivity contribution in [2.45, 2.75) is 57.5 Å². The molecule has 2 N–H and O–H groups in total. The molecular formula is C10H20N2. The molecule has 0 saturated heterocycles. The van der Waals surface area contributed by atoms with Crippen molar-refractivity contribution in [1.82, 2.24) is 5.73 Å². The summed E-state index contributed by atoms with van der Waals surface area (Å²) in [4.78, 5) is 0. The highest BCUT2D eigenvalue weighted by atomic mass is 14.8. The van der Waals surface area contributed by atoms with Crippen LogP contribution in [0.1, 0.15) is 46.5 Å². The fourth-order valence-electron chi connectivity index (χ4n) is 1.98. The van der Waals surface area contributed by atoms with E-state index in [1.807, 2.05) is 6.92 Å². The van der Waals surface area contributed by atoms with E-state index in [2.05, 4.69) is 13.8 Å². The lowest BCUT2D eigenvalue weighted by atomic mass is 9.71. The van der Waals surface area contributed by atoms with Gasteiger partial charge in [-0.05, 0) is 52.4 Å². The van der Waals surface area contributed by atoms with E-state index in [1.165, 1.54) is 0 Å². The van der Waals surface area contributed by atoms with Gasteiger partial charge in [0.15, 0.2) is 0 Å². The molecule has 0 spiro atoms. The second-order valence-corrected chi connectivity index (χ2v) is 5.09. The molecule has 1 saturated carbocycles. The van der Waals surface area contributed by atoms with Gasteiger partial charge < -0.3 is 5.73 Å². The van der Waals surface area contributed by atoms with Gasteiger partial charge >= 0.3 is 0 Å². The largest absolute Gasteiger partial charge is 0.325 e. The number of rotatable bonds is 1. The van der Waals surface area contributed by atoms with Gasteiger partial charge in [-0.2, -0.15) is 0 Å². The third-order valence-electron chi connectivity index (χ3n) is 3.11. The molecule has 2 radical (unpaired) electrons. The van der Waals surface area contributed by atoms with E-state index in [0.29, 0.717) is 5.92 Å². The monoisotopic (exact) mass is 168 g/mol. The first kappa shape index (κ1) is 10.0. The summed E-state index contributed by atoms with van der Waals surface area (Å²) in [6.45, 7) is 6.09. The van der Waals surface area contributed by atoms with Gasteiger partial charge in [0.05, 0.1) is 5.54 Å². The Bertz CT molecular complexity index is 146. The zero-order chi connectivity index (χ0) is 9.41. The van der Waals surface area contributed by atoms with E-state index in [-0.39, 0.29) is 5.54 Å². The molecule has 70 valence electrons. The Morgan fingerprint density at radius 1 is 1.33 bits per heavy atom. The summed E-state index contributed by atoms with van der Waals surface area (Å²) < 4.78 is 0. The van der Waals surface area contributed by atoms with Crippen LogP contribution in [-0.2, 0) is 0 Å². The SMILES string of the molecule is CC1([N])CCC(C(C)(C)N)CC1. The van der Waals surface area contributed by atoms with Crippen LogP contribution >= 0.6 is 0 Å². The molecule has 1 rings (SSSR count). The first-order valence-corrected chi connectivity index (χ1v) is 4.82. The molecule has 0 unspecified atom stereocenters. The fourth-order valence-corrected chi connectivity index (χ4v) is 1.98. The quantitative estimate of drug-likeness (QED) is 0.637. The second kappa shape index (κ2) is 3.00. The smallest absolute Gasteiger partial charge is 0.0516 e. The Kier molecular flexibility index (Phi) is 2.50. The summed E-state index contributed by atoms with van der Waals surface area (Å²) in [5.74, 6) is 0.581. The third-order valence-corrected chi connectivity index (χ3v) is 3.11. The lowest BCUT2D eigenvalue weighted by Gasteiger charge is -2.38. The van der Waals surface area contributed by atoms with Gasteiger partial charge in [-0.25, -0.2) is 0 Å². The lowest BCUT2D eigenvalue weighted by Crippen LogP contribution is -2.45. The first-order valence-electron chi connectivity index (χ1n) is 4.82. The highest BCUT2D eigenvalue weighted by Gasteiger charge is 2.34. The minimum Gasteiger partial charge on any atom is -0.325 e. The van der Waals surface area contributed by atoms with Crippen LogP contribution in [0.25, 0.3) is 0 Å². The van der Waals surface area contributed by atoms with E-state index in [1.54, 1.807) is 0 Å². The summed E-state index contributed by atoms with van der Waals surface area (Å²) in [6, 6.07) is 0. The van der Waals surface area contributed by atoms with Crippen LogP contribution in [0.4, 0.5) is 0 Å². The van der Waals surface area contributed by atoms with Crippen LogP contribution in [0.2, 0.25) is 0 Å². The van der Waals surface area contributed by atoms with Crippen molar-refractivity contribution in [3.63, 3.8) is 0 Å². The minimum absolute atomic E-state index is 0.0729. The zero-order valence-electron chi connectivity index (χ0n) is 8.43. The van der Waals surface area contributed by atoms with Crippen LogP contribution in [0.3, 0.4) is 0 Å². The maximum Gasteiger partial charge on any atom is 0.0516 e. The van der Waals surface area contributed by atoms with Crippen molar-refractivity contribution < 1.29 is 0 Å². The molecule has 0 heterocycles. The van der Waals surface area contributed by atoms with Crippen molar-refractivity contribution >= 4 is 0 Å². The lowest BCUT2D eigenvalue weighted by molar-refractivity contribution is 0.181. The Morgan fingerprint density at radius 3 is 2.08 bits per heavy atom. The van der Waals surface area contributed by atoms with Crippen LogP contribution in [-0.4, -0.2) is 11.1 Å². The highest BCUT2D eigenvalue weighted by molar-refractivity contribution is 4.92. The predicted octanol–water partition coefficient (Wildman–Crippen LogP) is 1.74. The van der Waals surface area contributed by atoms with E-state index in [9.17, 15) is 5.73 Å². The van der Waals surface area contributed by atoms with Gasteiger partial charge in [-0.3, -0.25) is 0 Å². The van der Waals surface area contributed by atoms with E-state index < -0.39 is 5.54 Å². The molecule has 0 aromatic heterocycles. The molecule has 2 heteroatoms. The van der Waals surface area contributed by atoms with Gasteiger partial charge in [0, 0.05) is 5.54 Å². The average molecular weight is 168 g/mol. The van der Waals surface area contributed by atoms with E-state index in [0.717, 1.165) is 25.7 Å². The summed E-state index contributed by atoms with van der Waals surface area (Å²) in [7, 11) is 0. The standard InChI is InChI=1S/C10H20N2/c1-9(2,11)8-4-6-10(3,12)7-5-8/h8H,4-7,11H2,1-3H3. The third kappa shape index (κ3) is 2.46. The number of nitrogens with two attached hydrogens (primary N) is 1. The molecule has 1 aliphatic rings. The normalized spacial score (nSPS) is 38.2. The van der Waals surface area contributed by atoms with E-state index in [4.69, 9.17) is 5.73 Å². The highest BCUT2D eigenvalue weighted by Crippen LogP contribution is 2.35. The van der Waals surface area contributed by atoms with Gasteiger partial charge in [-0.1, -0.05) is 0 Å². The maximum atomic E-state index is 9.72. The summed E-state index contributed by atoms with van der Waals surface area (Å²) in [5.41, 5.74) is 15.2. The zero-order valence-corrected chi connectivity index (χ0v) is 8.43. The molecule has 1 aliphatic carbocycles. The minimum atomic E-state index is -0.429. The molecule has 0 aromatic carbocycles. The Labute approximate surface area is 75.7 Å². The van der Waals surface area contributed by atoms with Crippen LogP contribution < -0.4 is 11.5 Å². The molecule has 1 fully saturated rings. The Balaban J connectivity index is 2.47. The van der Waals surface area contributed by atoms with Crippen LogP contribution in [0.5, 0.6) is 0 Å². The number of hydrogen-bond donors (Lipinski definition) is 1. The molecule has 0 aliphatic heterocycles. The van der Waals surface area contributed by atoms with Crippen molar-refractivity contribution in [3.05, 3.63) is 0 Å². The first-order chi connectivity index (χ1) is 5.31. The molecule has 0 amide bonds. The van der Waals surface area contributed by atoms with Crippen LogP contribution in [0, 0.1) is 5.92 Å². The van der Waals surface area contributed by atoms with E-state index >= 15 is 0 Å². The van der Waals surface area contributed by atoms with Gasteiger partial charge in [0.2, 0.25) is 0 Å². The molecule has 0 bridgehead atoms. The van der Waals surface area contributed by atoms with Crippen molar-refractivity contribution in [2.24, 2.45) is 11.7 Å². The molecule has 12 heavy (non-hydrogen) atoms. The maximum absolute atomic E-state index is 9.72. The van der Waals surface area contributed by atoms with Crippen molar-refractivity contribution in [1.29, 1.82) is 0 Å². The molecule has 0 atom stereocenters. The molecule has 2 nitrogen and oxygen atoms in total. The number of hydrogen-bond acceptors (Lipinski definition) is 1. The Hall–Kier alpha value is -0.0800. The van der Waals surface area contributed by atoms with Crippen molar-refractivity contribution in [2.75, 3.05) is 0 Å². The molecule has 0 aromatic rings. The van der Waals surface area contributed by atoms with Crippen molar-refractivity contribution in [3.8, 4) is 0 Å². The predicted molar refractivity (Wildman–Crippen MR) is 50.8 cm³/mol.